The Labute approximate surface area is 194 Å². The molecule has 1 heteroatoms. The molecule has 0 aromatic carbocycles. The number of rotatable bonds is 6. The topological polar surface area (TPSA) is 20.2 Å². The van der Waals surface area contributed by atoms with E-state index in [0.29, 0.717) is 22.7 Å². The van der Waals surface area contributed by atoms with Crippen molar-refractivity contribution < 1.29 is 5.11 Å². The van der Waals surface area contributed by atoms with Crippen molar-refractivity contribution in [2.75, 3.05) is 0 Å². The summed E-state index contributed by atoms with van der Waals surface area (Å²) in [5, 5.41) is 11.4. The maximum Gasteiger partial charge on any atom is 0.0653 e. The third-order valence-corrected chi connectivity index (χ3v) is 10.3. The van der Waals surface area contributed by atoms with E-state index < -0.39 is 5.60 Å². The Bertz CT molecular complexity index is 679. The minimum Gasteiger partial charge on any atom is -0.390 e. The lowest BCUT2D eigenvalue weighted by Crippen LogP contribution is -2.57. The van der Waals surface area contributed by atoms with E-state index in [1.54, 1.807) is 0 Å². The number of hydrogen-bond acceptors (Lipinski definition) is 1. The first-order valence-electron chi connectivity index (χ1n) is 13.4. The first-order valence-corrected chi connectivity index (χ1v) is 13.4. The van der Waals surface area contributed by atoms with Crippen LogP contribution in [0.2, 0.25) is 0 Å². The van der Waals surface area contributed by atoms with Crippen molar-refractivity contribution in [1.29, 1.82) is 0 Å². The van der Waals surface area contributed by atoms with Gasteiger partial charge in [0.2, 0.25) is 0 Å². The van der Waals surface area contributed by atoms with Crippen LogP contribution >= 0.6 is 0 Å². The standard InChI is InChI=1S/C30H52O/c1-22(15-16-24-23(2)13-10-18-27(24,3)4)12-9-14-26-29(7)20-11-19-28(5,6)25(29)17-21-30(26,8)31/h12,24-26,31H,2,9-11,13-21H2,1,3-8H3/b22-12+/t24-,25?,26?,29+,30-/m1/s1. The van der Waals surface area contributed by atoms with Gasteiger partial charge in [-0.2, -0.15) is 0 Å². The second kappa shape index (κ2) is 9.00. The van der Waals surface area contributed by atoms with E-state index in [1.807, 2.05) is 0 Å². The van der Waals surface area contributed by atoms with Crippen LogP contribution in [-0.4, -0.2) is 10.7 Å². The molecule has 0 amide bonds. The molecule has 1 nitrogen and oxygen atoms in total. The van der Waals surface area contributed by atoms with Gasteiger partial charge in [0.15, 0.2) is 0 Å². The van der Waals surface area contributed by atoms with E-state index in [0.717, 1.165) is 25.2 Å². The summed E-state index contributed by atoms with van der Waals surface area (Å²) in [5.74, 6) is 1.84. The molecule has 3 aliphatic rings. The lowest BCUT2D eigenvalue weighted by atomic mass is 9.45. The predicted molar refractivity (Wildman–Crippen MR) is 135 cm³/mol. The molecule has 3 saturated carbocycles. The molecule has 0 saturated heterocycles. The lowest BCUT2D eigenvalue weighted by Gasteiger charge is -2.61. The van der Waals surface area contributed by atoms with Crippen molar-refractivity contribution in [2.24, 2.45) is 34.0 Å². The van der Waals surface area contributed by atoms with Gasteiger partial charge in [0.25, 0.3) is 0 Å². The Balaban J connectivity index is 1.62. The molecule has 0 spiro atoms. The normalized spacial score (nSPS) is 40.5. The molecule has 0 heterocycles. The van der Waals surface area contributed by atoms with Gasteiger partial charge in [-0.05, 0) is 118 Å². The zero-order valence-corrected chi connectivity index (χ0v) is 21.9. The second-order valence-corrected chi connectivity index (χ2v) is 13.6. The average molecular weight is 429 g/mol. The molecule has 1 N–H and O–H groups in total. The molecular weight excluding hydrogens is 376 g/mol. The Morgan fingerprint density at radius 1 is 0.968 bits per heavy atom. The van der Waals surface area contributed by atoms with E-state index in [9.17, 15) is 5.11 Å². The van der Waals surface area contributed by atoms with Crippen LogP contribution in [0.4, 0.5) is 0 Å². The van der Waals surface area contributed by atoms with Crippen LogP contribution in [0.5, 0.6) is 0 Å². The summed E-state index contributed by atoms with van der Waals surface area (Å²) in [6, 6.07) is 0. The van der Waals surface area contributed by atoms with Crippen molar-refractivity contribution in [3.63, 3.8) is 0 Å². The third-order valence-electron chi connectivity index (χ3n) is 10.3. The highest BCUT2D eigenvalue weighted by Crippen LogP contribution is 2.62. The molecule has 3 fully saturated rings. The summed E-state index contributed by atoms with van der Waals surface area (Å²) in [6.45, 7) is 21.2. The van der Waals surface area contributed by atoms with Gasteiger partial charge in [-0.3, -0.25) is 0 Å². The summed E-state index contributed by atoms with van der Waals surface area (Å²) in [5.41, 5.74) is 3.63. The van der Waals surface area contributed by atoms with Crippen LogP contribution in [0.3, 0.4) is 0 Å². The predicted octanol–water partition coefficient (Wildman–Crippen LogP) is 8.87. The fourth-order valence-electron chi connectivity index (χ4n) is 8.50. The molecule has 31 heavy (non-hydrogen) atoms. The molecule has 3 aliphatic carbocycles. The summed E-state index contributed by atoms with van der Waals surface area (Å²) < 4.78 is 0. The van der Waals surface area contributed by atoms with Gasteiger partial charge in [0, 0.05) is 0 Å². The van der Waals surface area contributed by atoms with Gasteiger partial charge in [0.1, 0.15) is 0 Å². The minimum atomic E-state index is -0.510. The summed E-state index contributed by atoms with van der Waals surface area (Å²) >= 11 is 0. The minimum absolute atomic E-state index is 0.287. The quantitative estimate of drug-likeness (QED) is 0.419. The molecule has 0 aromatic heterocycles. The molecular formula is C30H52O. The van der Waals surface area contributed by atoms with Gasteiger partial charge in [0.05, 0.1) is 5.60 Å². The SMILES string of the molecule is C=C1CCCC(C)(C)[C@@H]1CC/C(C)=C/CCC1[C@@]2(C)CCCC(C)(C)C2CC[C@@]1(C)O. The van der Waals surface area contributed by atoms with Gasteiger partial charge in [-0.15, -0.1) is 0 Å². The molecule has 5 atom stereocenters. The summed E-state index contributed by atoms with van der Waals surface area (Å²) in [7, 11) is 0. The number of aliphatic hydroxyl groups is 1. The highest BCUT2D eigenvalue weighted by Gasteiger charge is 2.57. The highest BCUT2D eigenvalue weighted by molar-refractivity contribution is 5.12. The summed E-state index contributed by atoms with van der Waals surface area (Å²) in [6.07, 6.45) is 17.2. The number of allylic oxidation sites excluding steroid dienone is 3. The first kappa shape index (κ1) is 25.1. The molecule has 0 radical (unpaired) electrons. The number of fused-ring (bicyclic) bond motifs is 1. The van der Waals surface area contributed by atoms with Crippen LogP contribution in [-0.2, 0) is 0 Å². The van der Waals surface area contributed by atoms with Crippen molar-refractivity contribution in [3.05, 3.63) is 23.8 Å². The Morgan fingerprint density at radius 3 is 2.32 bits per heavy atom. The second-order valence-electron chi connectivity index (χ2n) is 13.6. The molecule has 0 aliphatic heterocycles. The van der Waals surface area contributed by atoms with Crippen molar-refractivity contribution in [2.45, 2.75) is 131 Å². The summed E-state index contributed by atoms with van der Waals surface area (Å²) in [4.78, 5) is 0. The zero-order valence-electron chi connectivity index (χ0n) is 21.9. The average Bonchev–Trinajstić information content (AvgIpc) is 2.62. The molecule has 0 bridgehead atoms. The fourth-order valence-corrected chi connectivity index (χ4v) is 8.50. The molecule has 2 unspecified atom stereocenters. The van der Waals surface area contributed by atoms with Crippen LogP contribution < -0.4 is 0 Å². The van der Waals surface area contributed by atoms with E-state index in [-0.39, 0.29) is 5.41 Å². The van der Waals surface area contributed by atoms with E-state index in [4.69, 9.17) is 0 Å². The fraction of sp³-hybridized carbons (Fsp3) is 0.867. The smallest absolute Gasteiger partial charge is 0.0653 e. The van der Waals surface area contributed by atoms with Crippen LogP contribution in [0, 0.1) is 34.0 Å². The lowest BCUT2D eigenvalue weighted by molar-refractivity contribution is -0.168. The van der Waals surface area contributed by atoms with Crippen molar-refractivity contribution in [1.82, 2.24) is 0 Å². The maximum atomic E-state index is 11.4. The Hall–Kier alpha value is -0.560. The molecule has 178 valence electrons. The Kier molecular flexibility index (Phi) is 7.28. The monoisotopic (exact) mass is 428 g/mol. The molecule has 0 aromatic rings. The number of hydrogen-bond donors (Lipinski definition) is 1. The zero-order chi connectivity index (χ0) is 23.1. The molecule has 3 rings (SSSR count). The highest BCUT2D eigenvalue weighted by atomic mass is 16.3. The van der Waals surface area contributed by atoms with Crippen LogP contribution in [0.25, 0.3) is 0 Å². The van der Waals surface area contributed by atoms with Crippen molar-refractivity contribution >= 4 is 0 Å². The van der Waals surface area contributed by atoms with Crippen molar-refractivity contribution in [3.8, 4) is 0 Å². The van der Waals surface area contributed by atoms with E-state index in [2.05, 4.69) is 61.1 Å². The van der Waals surface area contributed by atoms with Gasteiger partial charge >= 0.3 is 0 Å². The van der Waals surface area contributed by atoms with Gasteiger partial charge < -0.3 is 5.11 Å². The van der Waals surface area contributed by atoms with Gasteiger partial charge in [-0.1, -0.05) is 64.8 Å². The van der Waals surface area contributed by atoms with E-state index in [1.165, 1.54) is 68.9 Å². The maximum absolute atomic E-state index is 11.4. The third kappa shape index (κ3) is 5.18. The van der Waals surface area contributed by atoms with Crippen LogP contribution in [0.1, 0.15) is 126 Å². The first-order chi connectivity index (χ1) is 14.3. The Morgan fingerprint density at radius 2 is 1.65 bits per heavy atom. The largest absolute Gasteiger partial charge is 0.390 e. The van der Waals surface area contributed by atoms with Crippen LogP contribution in [0.15, 0.2) is 23.8 Å². The van der Waals surface area contributed by atoms with E-state index >= 15 is 0 Å². The van der Waals surface area contributed by atoms with Gasteiger partial charge in [-0.25, -0.2) is 0 Å².